The fraction of sp³-hybridized carbons (Fsp3) is 0.611. The van der Waals surface area contributed by atoms with Crippen molar-refractivity contribution in [3.8, 4) is 0 Å². The highest BCUT2D eigenvalue weighted by molar-refractivity contribution is 5.68. The molecule has 3 rings (SSSR count). The maximum Gasteiger partial charge on any atom is 0.410 e. The van der Waals surface area contributed by atoms with Crippen molar-refractivity contribution in [1.29, 1.82) is 0 Å². The normalized spacial score (nSPS) is 23.7. The summed E-state index contributed by atoms with van der Waals surface area (Å²) < 4.78 is 5.48. The van der Waals surface area contributed by atoms with Crippen molar-refractivity contribution in [3.05, 3.63) is 35.9 Å². The highest BCUT2D eigenvalue weighted by Gasteiger charge is 2.43. The van der Waals surface area contributed by atoms with Crippen LogP contribution in [0.5, 0.6) is 0 Å². The van der Waals surface area contributed by atoms with Gasteiger partial charge in [0, 0.05) is 6.54 Å². The number of nitrogens with zero attached hydrogens (tertiary/aromatic N) is 1. The van der Waals surface area contributed by atoms with Gasteiger partial charge in [-0.05, 0) is 36.7 Å². The molecule has 1 unspecified atom stereocenters. The van der Waals surface area contributed by atoms with Crippen LogP contribution in [0.1, 0.15) is 44.1 Å². The third-order valence-corrected chi connectivity index (χ3v) is 5.27. The first kappa shape index (κ1) is 15.3. The molecule has 1 aliphatic carbocycles. The Morgan fingerprint density at radius 3 is 2.64 bits per heavy atom. The number of carbonyl (C=O) groups excluding carboxylic acids is 1. The molecule has 2 aliphatic rings. The molecule has 1 aliphatic heterocycles. The lowest BCUT2D eigenvalue weighted by Gasteiger charge is -2.44. The Labute approximate surface area is 132 Å². The smallest absolute Gasteiger partial charge is 0.410 e. The number of rotatable bonds is 3. The average molecular weight is 303 g/mol. The average Bonchev–Trinajstić information content (AvgIpc) is 3.01. The molecule has 1 spiro atoms. The zero-order valence-corrected chi connectivity index (χ0v) is 13.0. The summed E-state index contributed by atoms with van der Waals surface area (Å²) in [4.78, 5) is 14.2. The van der Waals surface area contributed by atoms with Crippen molar-refractivity contribution in [2.45, 2.75) is 51.2 Å². The fourth-order valence-corrected chi connectivity index (χ4v) is 3.94. The van der Waals surface area contributed by atoms with Crippen LogP contribution in [0.15, 0.2) is 30.3 Å². The summed E-state index contributed by atoms with van der Waals surface area (Å²) in [6.45, 7) is 1.06. The molecule has 1 saturated carbocycles. The van der Waals surface area contributed by atoms with E-state index in [0.29, 0.717) is 6.61 Å². The lowest BCUT2D eigenvalue weighted by Crippen LogP contribution is -2.52. The van der Waals surface area contributed by atoms with Crippen molar-refractivity contribution < 1.29 is 14.6 Å². The second-order valence-corrected chi connectivity index (χ2v) is 6.75. The topological polar surface area (TPSA) is 49.8 Å². The number of hydrogen-bond donors (Lipinski definition) is 1. The molecular formula is C18H25NO3. The highest BCUT2D eigenvalue weighted by Crippen LogP contribution is 2.46. The summed E-state index contributed by atoms with van der Waals surface area (Å²) in [7, 11) is 0. The molecule has 120 valence electrons. The maximum absolute atomic E-state index is 12.5. The van der Waals surface area contributed by atoms with E-state index in [1.807, 2.05) is 30.3 Å². The van der Waals surface area contributed by atoms with E-state index in [2.05, 4.69) is 0 Å². The number of aliphatic hydroxyl groups is 1. The Balaban J connectivity index is 1.63. The van der Waals surface area contributed by atoms with E-state index in [9.17, 15) is 9.90 Å². The molecular weight excluding hydrogens is 278 g/mol. The van der Waals surface area contributed by atoms with Crippen LogP contribution < -0.4 is 0 Å². The van der Waals surface area contributed by atoms with E-state index in [1.54, 1.807) is 4.90 Å². The minimum absolute atomic E-state index is 0.0243. The van der Waals surface area contributed by atoms with E-state index in [1.165, 1.54) is 25.7 Å². The predicted octanol–water partition coefficient (Wildman–Crippen LogP) is 3.34. The molecule has 1 atom stereocenters. The van der Waals surface area contributed by atoms with Crippen LogP contribution in [0.4, 0.5) is 4.79 Å². The van der Waals surface area contributed by atoms with Gasteiger partial charge in [-0.25, -0.2) is 4.79 Å². The van der Waals surface area contributed by atoms with E-state index >= 15 is 0 Å². The summed E-state index contributed by atoms with van der Waals surface area (Å²) in [6, 6.07) is 9.63. The van der Waals surface area contributed by atoms with Gasteiger partial charge in [0.1, 0.15) is 6.61 Å². The van der Waals surface area contributed by atoms with Crippen LogP contribution in [0.25, 0.3) is 0 Å². The van der Waals surface area contributed by atoms with E-state index < -0.39 is 0 Å². The zero-order valence-electron chi connectivity index (χ0n) is 13.0. The van der Waals surface area contributed by atoms with Gasteiger partial charge in [0.25, 0.3) is 0 Å². The van der Waals surface area contributed by atoms with Gasteiger partial charge in [0.2, 0.25) is 0 Å². The van der Waals surface area contributed by atoms with Crippen molar-refractivity contribution in [2.24, 2.45) is 5.41 Å². The molecule has 1 saturated heterocycles. The van der Waals surface area contributed by atoms with Crippen LogP contribution in [0, 0.1) is 5.41 Å². The zero-order chi connectivity index (χ0) is 15.4. The summed E-state index contributed by atoms with van der Waals surface area (Å²) in [5, 5.41) is 9.58. The van der Waals surface area contributed by atoms with Gasteiger partial charge in [0.05, 0.1) is 12.6 Å². The molecule has 1 N–H and O–H groups in total. The maximum atomic E-state index is 12.5. The van der Waals surface area contributed by atoms with E-state index in [-0.39, 0.29) is 24.2 Å². The molecule has 1 aromatic carbocycles. The van der Waals surface area contributed by atoms with Crippen LogP contribution in [0.3, 0.4) is 0 Å². The number of benzene rings is 1. The summed E-state index contributed by atoms with van der Waals surface area (Å²) in [5.74, 6) is 0. The van der Waals surface area contributed by atoms with Gasteiger partial charge < -0.3 is 14.7 Å². The second kappa shape index (κ2) is 6.69. The lowest BCUT2D eigenvalue weighted by molar-refractivity contribution is 0.00747. The van der Waals surface area contributed by atoms with Crippen molar-refractivity contribution in [3.63, 3.8) is 0 Å². The fourth-order valence-electron chi connectivity index (χ4n) is 3.94. The number of likely N-dealkylation sites (tertiary alicyclic amines) is 1. The highest BCUT2D eigenvalue weighted by atomic mass is 16.6. The molecule has 0 aromatic heterocycles. The minimum Gasteiger partial charge on any atom is -0.445 e. The predicted molar refractivity (Wildman–Crippen MR) is 84.3 cm³/mol. The largest absolute Gasteiger partial charge is 0.445 e. The van der Waals surface area contributed by atoms with Gasteiger partial charge in [-0.1, -0.05) is 43.2 Å². The van der Waals surface area contributed by atoms with Crippen molar-refractivity contribution in [1.82, 2.24) is 4.90 Å². The Hall–Kier alpha value is -1.55. The third-order valence-electron chi connectivity index (χ3n) is 5.27. The first-order chi connectivity index (χ1) is 10.7. The van der Waals surface area contributed by atoms with Crippen LogP contribution in [-0.2, 0) is 11.3 Å². The molecule has 1 aromatic rings. The number of hydrogen-bond acceptors (Lipinski definition) is 3. The van der Waals surface area contributed by atoms with E-state index in [4.69, 9.17) is 4.74 Å². The Morgan fingerprint density at radius 2 is 1.95 bits per heavy atom. The summed E-state index contributed by atoms with van der Waals surface area (Å²) >= 11 is 0. The molecule has 1 amide bonds. The van der Waals surface area contributed by atoms with E-state index in [0.717, 1.165) is 24.9 Å². The number of ether oxygens (including phenoxy) is 1. The van der Waals surface area contributed by atoms with Crippen LogP contribution >= 0.6 is 0 Å². The molecule has 22 heavy (non-hydrogen) atoms. The number of amides is 1. The minimum atomic E-state index is -0.283. The summed E-state index contributed by atoms with van der Waals surface area (Å²) in [5.41, 5.74) is 1.27. The molecule has 0 bridgehead atoms. The van der Waals surface area contributed by atoms with Crippen LogP contribution in [-0.4, -0.2) is 35.3 Å². The van der Waals surface area contributed by atoms with Gasteiger partial charge in [-0.2, -0.15) is 0 Å². The number of aliphatic hydroxyl groups excluding tert-OH is 1. The molecule has 4 heteroatoms. The van der Waals surface area contributed by atoms with Crippen LogP contribution in [0.2, 0.25) is 0 Å². The Bertz CT molecular complexity index is 496. The standard InChI is InChI=1S/C18H25NO3/c20-12-16-8-11-18(9-4-5-10-18)14-19(16)17(21)22-13-15-6-2-1-3-7-15/h1-3,6-7,16,20H,4-5,8-14H2. The van der Waals surface area contributed by atoms with Gasteiger partial charge in [0.15, 0.2) is 0 Å². The molecule has 2 fully saturated rings. The monoisotopic (exact) mass is 303 g/mol. The Kier molecular flexibility index (Phi) is 4.67. The quantitative estimate of drug-likeness (QED) is 0.931. The number of carbonyl (C=O) groups is 1. The Morgan fingerprint density at radius 1 is 1.23 bits per heavy atom. The molecule has 4 nitrogen and oxygen atoms in total. The molecule has 0 radical (unpaired) electrons. The first-order valence-electron chi connectivity index (χ1n) is 8.31. The first-order valence-corrected chi connectivity index (χ1v) is 8.31. The summed E-state index contributed by atoms with van der Waals surface area (Å²) in [6.07, 6.45) is 6.65. The van der Waals surface area contributed by atoms with Gasteiger partial charge in [-0.15, -0.1) is 0 Å². The van der Waals surface area contributed by atoms with Crippen molar-refractivity contribution >= 4 is 6.09 Å². The number of piperidine rings is 1. The van der Waals surface area contributed by atoms with Gasteiger partial charge in [-0.3, -0.25) is 0 Å². The van der Waals surface area contributed by atoms with Crippen molar-refractivity contribution in [2.75, 3.05) is 13.2 Å². The second-order valence-electron chi connectivity index (χ2n) is 6.75. The third kappa shape index (κ3) is 3.27. The SMILES string of the molecule is O=C(OCc1ccccc1)N1CC2(CCCC2)CCC1CO. The molecule has 1 heterocycles. The van der Waals surface area contributed by atoms with Gasteiger partial charge >= 0.3 is 6.09 Å². The lowest BCUT2D eigenvalue weighted by atomic mass is 9.76.